The minimum absolute atomic E-state index is 0.0852. The molecular formula is C25H34BN3O5. The van der Waals surface area contributed by atoms with E-state index in [1.54, 1.807) is 4.90 Å². The van der Waals surface area contributed by atoms with Crippen LogP contribution in [0.5, 0.6) is 0 Å². The molecule has 8 nitrogen and oxygen atoms in total. The number of nitrogens with one attached hydrogen (secondary N) is 1. The number of hydrogen-bond acceptors (Lipinski definition) is 6. The van der Waals surface area contributed by atoms with Crippen molar-refractivity contribution < 1.29 is 23.6 Å². The van der Waals surface area contributed by atoms with Crippen molar-refractivity contribution in [2.24, 2.45) is 10.9 Å². The van der Waals surface area contributed by atoms with Crippen LogP contribution in [-0.4, -0.2) is 66.7 Å². The molecule has 4 rings (SSSR count). The molecule has 1 saturated heterocycles. The number of rotatable bonds is 5. The van der Waals surface area contributed by atoms with E-state index in [0.717, 1.165) is 22.4 Å². The Kier molecular flexibility index (Phi) is 6.37. The SMILES string of the molecule is COC(=O)N[C@H](C(=O)N1CC=C[C@H]1C1=Nc2ccc(B3OC(C)(C)C(C)(C)O3)cc2C1)C(C)C. The normalized spacial score (nSPS) is 23.2. The number of benzene rings is 1. The molecule has 9 heteroatoms. The Hall–Kier alpha value is -2.65. The van der Waals surface area contributed by atoms with E-state index in [9.17, 15) is 9.59 Å². The maximum atomic E-state index is 13.4. The number of aliphatic imine (C=N–C) groups is 1. The number of alkyl carbamates (subject to hydrolysis) is 1. The molecule has 1 aromatic carbocycles. The molecule has 3 aliphatic heterocycles. The summed E-state index contributed by atoms with van der Waals surface area (Å²) in [5.74, 6) is -0.231. The molecular weight excluding hydrogens is 433 g/mol. The quantitative estimate of drug-likeness (QED) is 0.532. The summed E-state index contributed by atoms with van der Waals surface area (Å²) >= 11 is 0. The predicted octanol–water partition coefficient (Wildman–Crippen LogP) is 2.76. The lowest BCUT2D eigenvalue weighted by molar-refractivity contribution is -0.133. The van der Waals surface area contributed by atoms with Crippen molar-refractivity contribution in [2.45, 2.75) is 71.2 Å². The first-order valence-corrected chi connectivity index (χ1v) is 11.8. The van der Waals surface area contributed by atoms with Crippen molar-refractivity contribution in [3.8, 4) is 0 Å². The third-order valence-corrected chi connectivity index (χ3v) is 7.24. The van der Waals surface area contributed by atoms with E-state index in [-0.39, 0.29) is 17.9 Å². The van der Waals surface area contributed by atoms with Crippen LogP contribution in [0, 0.1) is 5.92 Å². The van der Waals surface area contributed by atoms with Crippen molar-refractivity contribution >= 4 is 36.0 Å². The van der Waals surface area contributed by atoms with Crippen LogP contribution < -0.4 is 10.8 Å². The van der Waals surface area contributed by atoms with E-state index in [0.29, 0.717) is 13.0 Å². The summed E-state index contributed by atoms with van der Waals surface area (Å²) in [4.78, 5) is 31.8. The van der Waals surface area contributed by atoms with Gasteiger partial charge in [-0.3, -0.25) is 9.79 Å². The van der Waals surface area contributed by atoms with E-state index < -0.39 is 30.5 Å². The molecule has 3 aliphatic rings. The Labute approximate surface area is 201 Å². The van der Waals surface area contributed by atoms with E-state index >= 15 is 0 Å². The number of carbonyl (C=O) groups excluding carboxylic acids is 2. The van der Waals surface area contributed by atoms with Crippen LogP contribution in [0.1, 0.15) is 47.1 Å². The van der Waals surface area contributed by atoms with Crippen LogP contribution in [0.15, 0.2) is 35.3 Å². The summed E-state index contributed by atoms with van der Waals surface area (Å²) in [5, 5.41) is 2.68. The standard InChI is InChI=1S/C25H34BN3O5/c1-15(2)21(28-23(31)32-7)22(30)29-12-8-9-20(29)19-14-16-13-17(10-11-18(16)27-19)26-33-24(3,4)25(5,6)34-26/h8-11,13,15,20-21H,12,14H2,1-7H3,(H,28,31)/t20-,21-/m0/s1. The van der Waals surface area contributed by atoms with E-state index in [4.69, 9.17) is 19.0 Å². The van der Waals surface area contributed by atoms with Crippen molar-refractivity contribution in [1.29, 1.82) is 0 Å². The average molecular weight is 467 g/mol. The van der Waals surface area contributed by atoms with Crippen molar-refractivity contribution in [2.75, 3.05) is 13.7 Å². The van der Waals surface area contributed by atoms with Gasteiger partial charge >= 0.3 is 13.2 Å². The Morgan fingerprint density at radius 2 is 1.88 bits per heavy atom. The van der Waals surface area contributed by atoms with Gasteiger partial charge in [0.2, 0.25) is 5.91 Å². The van der Waals surface area contributed by atoms with Crippen molar-refractivity contribution in [1.82, 2.24) is 10.2 Å². The molecule has 0 saturated carbocycles. The van der Waals surface area contributed by atoms with Crippen molar-refractivity contribution in [3.05, 3.63) is 35.9 Å². The molecule has 2 atom stereocenters. The first-order valence-electron chi connectivity index (χ1n) is 11.8. The van der Waals surface area contributed by atoms with Gasteiger partial charge in [-0.2, -0.15) is 0 Å². The summed E-state index contributed by atoms with van der Waals surface area (Å²) in [6, 6.07) is 5.16. The van der Waals surface area contributed by atoms with Crippen LogP contribution >= 0.6 is 0 Å². The van der Waals surface area contributed by atoms with Gasteiger partial charge in [0.15, 0.2) is 0 Å². The molecule has 0 radical (unpaired) electrons. The van der Waals surface area contributed by atoms with Crippen LogP contribution in [-0.2, 0) is 25.3 Å². The summed E-state index contributed by atoms with van der Waals surface area (Å²) in [6.45, 7) is 12.4. The molecule has 1 aromatic rings. The Morgan fingerprint density at radius 1 is 1.21 bits per heavy atom. The monoisotopic (exact) mass is 467 g/mol. The lowest BCUT2D eigenvalue weighted by Crippen LogP contribution is -2.54. The fourth-order valence-corrected chi connectivity index (χ4v) is 4.46. The van der Waals surface area contributed by atoms with Gasteiger partial charge in [0.1, 0.15) is 6.04 Å². The maximum absolute atomic E-state index is 13.4. The average Bonchev–Trinajstić information content (AvgIpc) is 3.46. The highest BCUT2D eigenvalue weighted by atomic mass is 16.7. The van der Waals surface area contributed by atoms with Gasteiger partial charge < -0.3 is 24.3 Å². The van der Waals surface area contributed by atoms with Gasteiger partial charge in [0, 0.05) is 18.7 Å². The van der Waals surface area contributed by atoms with Gasteiger partial charge in [0.05, 0.1) is 30.0 Å². The predicted molar refractivity (Wildman–Crippen MR) is 132 cm³/mol. The summed E-state index contributed by atoms with van der Waals surface area (Å²) in [6.07, 6.45) is 4.00. The highest BCUT2D eigenvalue weighted by molar-refractivity contribution is 6.62. The molecule has 34 heavy (non-hydrogen) atoms. The molecule has 2 amide bonds. The number of hydrogen-bond donors (Lipinski definition) is 1. The fraction of sp³-hybridized carbons (Fsp3) is 0.560. The lowest BCUT2D eigenvalue weighted by atomic mass is 9.78. The van der Waals surface area contributed by atoms with Gasteiger partial charge in [0.25, 0.3) is 0 Å². The third kappa shape index (κ3) is 4.39. The smallest absolute Gasteiger partial charge is 0.453 e. The zero-order valence-electron chi connectivity index (χ0n) is 21.0. The molecule has 0 unspecified atom stereocenters. The third-order valence-electron chi connectivity index (χ3n) is 7.24. The zero-order valence-corrected chi connectivity index (χ0v) is 21.0. The van der Waals surface area contributed by atoms with Gasteiger partial charge in [-0.15, -0.1) is 0 Å². The number of methoxy groups -OCH3 is 1. The number of nitrogens with zero attached hydrogens (tertiary/aromatic N) is 2. The second-order valence-electron chi connectivity index (χ2n) is 10.5. The molecule has 0 spiro atoms. The highest BCUT2D eigenvalue weighted by Gasteiger charge is 2.51. The summed E-state index contributed by atoms with van der Waals surface area (Å²) < 4.78 is 17.1. The van der Waals surface area contributed by atoms with Crippen LogP contribution in [0.3, 0.4) is 0 Å². The molecule has 0 bridgehead atoms. The van der Waals surface area contributed by atoms with Crippen molar-refractivity contribution in [3.63, 3.8) is 0 Å². The summed E-state index contributed by atoms with van der Waals surface area (Å²) in [5.41, 5.74) is 3.05. The number of ether oxygens (including phenoxy) is 1. The Bertz CT molecular complexity index is 1030. The zero-order chi connectivity index (χ0) is 24.8. The first kappa shape index (κ1) is 24.5. The topological polar surface area (TPSA) is 89.5 Å². The number of fused-ring (bicyclic) bond motifs is 1. The minimum atomic E-state index is -0.672. The summed E-state index contributed by atoms with van der Waals surface area (Å²) in [7, 11) is 0.861. The number of carbonyl (C=O) groups is 2. The van der Waals surface area contributed by atoms with E-state index in [2.05, 4.69) is 11.4 Å². The second kappa shape index (κ2) is 8.85. The fourth-order valence-electron chi connectivity index (χ4n) is 4.46. The van der Waals surface area contributed by atoms with Gasteiger partial charge in [-0.25, -0.2) is 4.79 Å². The maximum Gasteiger partial charge on any atom is 0.494 e. The first-order chi connectivity index (χ1) is 15.9. The number of amides is 2. The minimum Gasteiger partial charge on any atom is -0.453 e. The largest absolute Gasteiger partial charge is 0.494 e. The molecule has 0 aromatic heterocycles. The molecule has 182 valence electrons. The highest BCUT2D eigenvalue weighted by Crippen LogP contribution is 2.37. The Balaban J connectivity index is 1.50. The molecule has 0 aliphatic carbocycles. The van der Waals surface area contributed by atoms with E-state index in [1.807, 2.05) is 65.8 Å². The van der Waals surface area contributed by atoms with Crippen LogP contribution in [0.2, 0.25) is 0 Å². The van der Waals surface area contributed by atoms with Crippen LogP contribution in [0.25, 0.3) is 0 Å². The van der Waals surface area contributed by atoms with Gasteiger partial charge in [-0.05, 0) is 50.7 Å². The lowest BCUT2D eigenvalue weighted by Gasteiger charge is -2.32. The second-order valence-corrected chi connectivity index (χ2v) is 10.5. The van der Waals surface area contributed by atoms with Gasteiger partial charge in [-0.1, -0.05) is 38.1 Å². The molecule has 1 N–H and O–H groups in total. The molecule has 1 fully saturated rings. The Morgan fingerprint density at radius 3 is 2.50 bits per heavy atom. The molecule has 3 heterocycles. The van der Waals surface area contributed by atoms with E-state index in [1.165, 1.54) is 7.11 Å². The van der Waals surface area contributed by atoms with Crippen LogP contribution in [0.4, 0.5) is 10.5 Å².